The monoisotopic (exact) mass is 369 g/mol. The van der Waals surface area contributed by atoms with Gasteiger partial charge in [-0.15, -0.1) is 24.8 Å². The molecule has 1 amide bonds. The fraction of sp³-hybridized carbons (Fsp3) is 0.294. The molecule has 1 fully saturated rings. The molecule has 1 unspecified atom stereocenters. The van der Waals surface area contributed by atoms with Crippen LogP contribution >= 0.6 is 24.8 Å². The highest BCUT2D eigenvalue weighted by Crippen LogP contribution is 2.32. The van der Waals surface area contributed by atoms with Gasteiger partial charge in [-0.05, 0) is 55.2 Å². The lowest BCUT2D eigenvalue weighted by atomic mass is 10.1. The normalized spacial score (nSPS) is 13.9. The van der Waals surface area contributed by atoms with E-state index in [1.807, 2.05) is 12.1 Å². The third kappa shape index (κ3) is 5.37. The van der Waals surface area contributed by atoms with Crippen molar-refractivity contribution in [3.63, 3.8) is 0 Å². The maximum atomic E-state index is 12.2. The molecule has 7 heteroatoms. The summed E-state index contributed by atoms with van der Waals surface area (Å²) in [5, 5.41) is 3.00. The number of rotatable bonds is 6. The zero-order chi connectivity index (χ0) is 15.4. The van der Waals surface area contributed by atoms with E-state index in [0.29, 0.717) is 29.5 Å². The Bertz CT molecular complexity index is 634. The lowest BCUT2D eigenvalue weighted by molar-refractivity contribution is 0.0933. The van der Waals surface area contributed by atoms with Crippen molar-refractivity contribution in [3.05, 3.63) is 54.4 Å². The van der Waals surface area contributed by atoms with E-state index in [1.165, 1.54) is 0 Å². The Hall–Kier alpha value is -1.82. The first-order valence-electron chi connectivity index (χ1n) is 7.45. The van der Waals surface area contributed by atoms with Gasteiger partial charge in [-0.25, -0.2) is 0 Å². The number of pyridine rings is 1. The number of hydrogen-bond acceptors (Lipinski definition) is 4. The lowest BCUT2D eigenvalue weighted by Crippen LogP contribution is -2.41. The Labute approximate surface area is 153 Å². The molecule has 0 radical (unpaired) electrons. The quantitative estimate of drug-likeness (QED) is 0.819. The number of benzene rings is 1. The van der Waals surface area contributed by atoms with E-state index in [0.717, 1.165) is 12.8 Å². The molecule has 24 heavy (non-hydrogen) atoms. The summed E-state index contributed by atoms with van der Waals surface area (Å²) in [5.41, 5.74) is 6.32. The van der Waals surface area contributed by atoms with Crippen LogP contribution in [0.5, 0.6) is 11.5 Å². The summed E-state index contributed by atoms with van der Waals surface area (Å²) in [5.74, 6) is 1.79. The van der Waals surface area contributed by atoms with Crippen LogP contribution in [0.4, 0.5) is 0 Å². The smallest absolute Gasteiger partial charge is 0.251 e. The van der Waals surface area contributed by atoms with Crippen LogP contribution in [-0.2, 0) is 0 Å². The highest BCUT2D eigenvalue weighted by molar-refractivity contribution is 5.94. The number of ether oxygens (including phenoxy) is 1. The molecule has 0 spiro atoms. The van der Waals surface area contributed by atoms with E-state index in [-0.39, 0.29) is 36.8 Å². The average Bonchev–Trinajstić information content (AvgIpc) is 3.39. The number of halogens is 2. The summed E-state index contributed by atoms with van der Waals surface area (Å²) in [4.78, 5) is 16.2. The number of nitrogens with zero attached hydrogens (tertiary/aromatic N) is 1. The molecule has 0 bridgehead atoms. The Morgan fingerprint density at radius 3 is 2.46 bits per heavy atom. The van der Waals surface area contributed by atoms with E-state index in [9.17, 15) is 4.79 Å². The molecular formula is C17H21Cl2N3O2. The number of amides is 1. The maximum Gasteiger partial charge on any atom is 0.251 e. The minimum Gasteiger partial charge on any atom is -0.456 e. The molecule has 0 saturated heterocycles. The number of aromatic nitrogens is 1. The van der Waals surface area contributed by atoms with Crippen LogP contribution in [-0.4, -0.2) is 23.5 Å². The van der Waals surface area contributed by atoms with Gasteiger partial charge in [0, 0.05) is 24.3 Å². The molecule has 1 aliphatic rings. The van der Waals surface area contributed by atoms with Gasteiger partial charge in [0.05, 0.1) is 6.20 Å². The zero-order valence-corrected chi connectivity index (χ0v) is 14.7. The maximum absolute atomic E-state index is 12.2. The summed E-state index contributed by atoms with van der Waals surface area (Å²) in [6.07, 6.45) is 5.64. The van der Waals surface area contributed by atoms with Gasteiger partial charge in [-0.2, -0.15) is 0 Å². The van der Waals surface area contributed by atoms with Crippen molar-refractivity contribution in [3.8, 4) is 11.5 Å². The second kappa shape index (κ2) is 9.47. The Kier molecular flexibility index (Phi) is 7.98. The fourth-order valence-electron chi connectivity index (χ4n) is 2.34. The highest BCUT2D eigenvalue weighted by Gasteiger charge is 2.31. The van der Waals surface area contributed by atoms with Crippen molar-refractivity contribution >= 4 is 30.7 Å². The van der Waals surface area contributed by atoms with E-state index in [2.05, 4.69) is 10.3 Å². The van der Waals surface area contributed by atoms with Crippen molar-refractivity contribution in [1.29, 1.82) is 0 Å². The van der Waals surface area contributed by atoms with Crippen LogP contribution in [0.1, 0.15) is 23.2 Å². The molecule has 130 valence electrons. The third-order valence-corrected chi connectivity index (χ3v) is 3.75. The first kappa shape index (κ1) is 20.2. The van der Waals surface area contributed by atoms with Crippen LogP contribution < -0.4 is 15.8 Å². The standard InChI is InChI=1S/C17H19N3O2.2ClH/c18-10-16(12-3-4-12)20-17(21)13-5-7-14(8-6-13)22-15-2-1-9-19-11-15;;/h1-2,5-9,11-12,16H,3-4,10,18H2,(H,20,21);2*1H. The number of nitrogens with two attached hydrogens (primary N) is 1. The van der Waals surface area contributed by atoms with E-state index < -0.39 is 0 Å². The van der Waals surface area contributed by atoms with Crippen molar-refractivity contribution in [1.82, 2.24) is 10.3 Å². The highest BCUT2D eigenvalue weighted by atomic mass is 35.5. The lowest BCUT2D eigenvalue weighted by Gasteiger charge is -2.16. The van der Waals surface area contributed by atoms with Gasteiger partial charge in [0.1, 0.15) is 11.5 Å². The summed E-state index contributed by atoms with van der Waals surface area (Å²) < 4.78 is 5.65. The second-order valence-electron chi connectivity index (χ2n) is 5.47. The van der Waals surface area contributed by atoms with Gasteiger partial charge in [0.25, 0.3) is 5.91 Å². The van der Waals surface area contributed by atoms with Gasteiger partial charge in [-0.3, -0.25) is 9.78 Å². The number of nitrogens with one attached hydrogen (secondary N) is 1. The second-order valence-corrected chi connectivity index (χ2v) is 5.47. The third-order valence-electron chi connectivity index (χ3n) is 3.75. The van der Waals surface area contributed by atoms with Gasteiger partial charge < -0.3 is 15.8 Å². The van der Waals surface area contributed by atoms with Crippen molar-refractivity contribution in [2.75, 3.05) is 6.54 Å². The molecule has 1 atom stereocenters. The summed E-state index contributed by atoms with van der Waals surface area (Å²) >= 11 is 0. The number of hydrogen-bond donors (Lipinski definition) is 2. The molecule has 0 aliphatic heterocycles. The van der Waals surface area contributed by atoms with Crippen LogP contribution in [0.3, 0.4) is 0 Å². The van der Waals surface area contributed by atoms with Gasteiger partial charge in [0.2, 0.25) is 0 Å². The Morgan fingerprint density at radius 2 is 1.92 bits per heavy atom. The summed E-state index contributed by atoms with van der Waals surface area (Å²) in [6.45, 7) is 0.485. The van der Waals surface area contributed by atoms with Crippen LogP contribution in [0.15, 0.2) is 48.8 Å². The molecule has 1 aromatic heterocycles. The minimum absolute atomic E-state index is 0. The van der Waals surface area contributed by atoms with Crippen LogP contribution in [0.25, 0.3) is 0 Å². The minimum atomic E-state index is -0.0877. The molecule has 1 aromatic carbocycles. The molecule has 3 rings (SSSR count). The van der Waals surface area contributed by atoms with Gasteiger partial charge >= 0.3 is 0 Å². The molecule has 5 nitrogen and oxygen atoms in total. The van der Waals surface area contributed by atoms with Gasteiger partial charge in [-0.1, -0.05) is 0 Å². The molecule has 2 aromatic rings. The summed E-state index contributed by atoms with van der Waals surface area (Å²) in [6, 6.07) is 10.8. The van der Waals surface area contributed by atoms with E-state index >= 15 is 0 Å². The largest absolute Gasteiger partial charge is 0.456 e. The van der Waals surface area contributed by atoms with Crippen LogP contribution in [0, 0.1) is 5.92 Å². The van der Waals surface area contributed by atoms with E-state index in [4.69, 9.17) is 10.5 Å². The number of carbonyl (C=O) groups is 1. The molecular weight excluding hydrogens is 349 g/mol. The Balaban J connectivity index is 0.00000144. The predicted octanol–water partition coefficient (Wildman–Crippen LogP) is 3.18. The fourth-order valence-corrected chi connectivity index (χ4v) is 2.34. The molecule has 1 heterocycles. The Morgan fingerprint density at radius 1 is 1.21 bits per heavy atom. The topological polar surface area (TPSA) is 77.2 Å². The van der Waals surface area contributed by atoms with Crippen molar-refractivity contribution in [2.45, 2.75) is 18.9 Å². The summed E-state index contributed by atoms with van der Waals surface area (Å²) in [7, 11) is 0. The van der Waals surface area contributed by atoms with Crippen molar-refractivity contribution in [2.24, 2.45) is 11.7 Å². The van der Waals surface area contributed by atoms with Crippen molar-refractivity contribution < 1.29 is 9.53 Å². The predicted molar refractivity (Wildman–Crippen MR) is 98.3 cm³/mol. The molecule has 1 aliphatic carbocycles. The average molecular weight is 370 g/mol. The number of carbonyl (C=O) groups excluding carboxylic acids is 1. The van der Waals surface area contributed by atoms with Gasteiger partial charge in [0.15, 0.2) is 0 Å². The first-order valence-corrected chi connectivity index (χ1v) is 7.45. The van der Waals surface area contributed by atoms with E-state index in [1.54, 1.807) is 36.7 Å². The van der Waals surface area contributed by atoms with Crippen LogP contribution in [0.2, 0.25) is 0 Å². The SMILES string of the molecule is Cl.Cl.NCC(NC(=O)c1ccc(Oc2cccnc2)cc1)C1CC1. The first-order chi connectivity index (χ1) is 10.8. The molecule has 1 saturated carbocycles. The zero-order valence-electron chi connectivity index (χ0n) is 13.1. The molecule has 3 N–H and O–H groups in total.